The molecule has 0 spiro atoms. The normalized spacial score (nSPS) is 27.2. The highest BCUT2D eigenvalue weighted by atomic mass is 35.6. The Morgan fingerprint density at radius 2 is 1.33 bits per heavy atom. The molecule has 2 aliphatic rings. The smallest absolute Gasteiger partial charge is 0.388 e. The van der Waals surface area contributed by atoms with Gasteiger partial charge in [0.15, 0.2) is 0 Å². The molecule has 0 atom stereocenters. The Morgan fingerprint density at radius 1 is 0.917 bits per heavy atom. The quantitative estimate of drug-likeness (QED) is 0.359. The van der Waals surface area contributed by atoms with Gasteiger partial charge in [-0.3, -0.25) is 0 Å². The molecule has 0 aromatic rings. The van der Waals surface area contributed by atoms with Gasteiger partial charge >= 0.3 is 15.1 Å². The van der Waals surface area contributed by atoms with Gasteiger partial charge in [0.2, 0.25) is 0 Å². The van der Waals surface area contributed by atoms with Crippen LogP contribution in [-0.2, 0) is 0 Å². The van der Waals surface area contributed by atoms with E-state index in [1.807, 2.05) is 24.8 Å². The summed E-state index contributed by atoms with van der Waals surface area (Å²) in [4.78, 5) is 13.1. The molecular weight excluding hydrogens is 208 g/mol. The first-order chi connectivity index (χ1) is 5.66. The average Bonchev–Trinajstić information content (AvgIpc) is 2.60. The van der Waals surface area contributed by atoms with Crippen LogP contribution in [0.25, 0.3) is 0 Å². The van der Waals surface area contributed by atoms with E-state index in [0.717, 1.165) is 0 Å². The van der Waals surface area contributed by atoms with Gasteiger partial charge in [-0.1, -0.05) is 0 Å². The lowest BCUT2D eigenvalue weighted by molar-refractivity contribution is 1.20. The van der Waals surface area contributed by atoms with Crippen molar-refractivity contribution in [3.63, 3.8) is 0 Å². The number of hydrogen-bond acceptors (Lipinski definition) is 4. The van der Waals surface area contributed by atoms with Crippen molar-refractivity contribution in [1.29, 1.82) is 0 Å². The maximum atomic E-state index is 6.47. The molecule has 2 rings (SSSR count). The number of halogens is 1. The van der Waals surface area contributed by atoms with E-state index in [9.17, 15) is 0 Å². The minimum Gasteiger partial charge on any atom is -0.398 e. The summed E-state index contributed by atoms with van der Waals surface area (Å²) in [5.74, 6) is 0. The van der Waals surface area contributed by atoms with E-state index in [2.05, 4.69) is 26.5 Å². The molecule has 0 radical (unpaired) electrons. The Morgan fingerprint density at radius 3 is 1.83 bits per heavy atom. The second kappa shape index (κ2) is 2.44. The van der Waals surface area contributed by atoms with Crippen LogP contribution in [0.5, 0.6) is 0 Å². The van der Waals surface area contributed by atoms with Gasteiger partial charge < -0.3 is 19.9 Å². The Kier molecular flexibility index (Phi) is 1.63. The van der Waals surface area contributed by atoms with Crippen LogP contribution in [0.4, 0.5) is 0 Å². The molecule has 0 saturated heterocycles. The fourth-order valence-electron chi connectivity index (χ4n) is 1.30. The Labute approximate surface area is 77.9 Å². The van der Waals surface area contributed by atoms with E-state index < -0.39 is 15.1 Å². The van der Waals surface area contributed by atoms with Crippen molar-refractivity contribution in [3.05, 3.63) is 24.8 Å². The molecule has 7 heteroatoms. The zero-order chi connectivity index (χ0) is 8.66. The highest BCUT2D eigenvalue weighted by Crippen LogP contribution is 2.17. The zero-order valence-corrected chi connectivity index (χ0v) is 9.44. The summed E-state index contributed by atoms with van der Waals surface area (Å²) in [6.07, 6.45) is 7.59. The van der Waals surface area contributed by atoms with E-state index in [1.165, 1.54) is 0 Å². The SMILES string of the molecule is C[Si]1([Si]2(Cl)NC=CN2)NC=CN1. The molecule has 0 unspecified atom stereocenters. The van der Waals surface area contributed by atoms with Crippen molar-refractivity contribution in [1.82, 2.24) is 19.9 Å². The van der Waals surface area contributed by atoms with E-state index in [0.29, 0.717) is 0 Å². The van der Waals surface area contributed by atoms with E-state index >= 15 is 0 Å². The van der Waals surface area contributed by atoms with Crippen molar-refractivity contribution in [3.8, 4) is 0 Å². The van der Waals surface area contributed by atoms with Crippen molar-refractivity contribution in [2.24, 2.45) is 0 Å². The predicted molar refractivity (Wildman–Crippen MR) is 54.0 cm³/mol. The Hall–Kier alpha value is -0.596. The average molecular weight is 219 g/mol. The lowest BCUT2D eigenvalue weighted by atomic mass is 11.0. The van der Waals surface area contributed by atoms with E-state index in [4.69, 9.17) is 11.1 Å². The second-order valence-corrected chi connectivity index (χ2v) is 15.7. The van der Waals surface area contributed by atoms with Crippen molar-refractivity contribution in [2.75, 3.05) is 0 Å². The molecule has 2 aliphatic heterocycles. The standard InChI is InChI=1S/C5H11ClN4Si2/c1-11(7-2-3-8-11)12(6)9-4-5-10-12/h2-5,7-10H,1H3. The molecule has 0 amide bonds. The number of hydrogen-bond donors (Lipinski definition) is 4. The maximum absolute atomic E-state index is 6.47. The fraction of sp³-hybridized carbons (Fsp3) is 0.200. The second-order valence-electron chi connectivity index (χ2n) is 3.03. The molecule has 12 heavy (non-hydrogen) atoms. The summed E-state index contributed by atoms with van der Waals surface area (Å²) < 4.78 is 0. The summed E-state index contributed by atoms with van der Waals surface area (Å²) >= 11 is 6.47. The van der Waals surface area contributed by atoms with Crippen LogP contribution in [0, 0.1) is 0 Å². The zero-order valence-electron chi connectivity index (χ0n) is 6.69. The van der Waals surface area contributed by atoms with Gasteiger partial charge in [-0.25, -0.2) is 0 Å². The minimum atomic E-state index is -2.06. The summed E-state index contributed by atoms with van der Waals surface area (Å²) in [6, 6.07) is 0. The predicted octanol–water partition coefficient (Wildman–Crippen LogP) is -0.358. The summed E-state index contributed by atoms with van der Waals surface area (Å²) in [7, 11) is -3.83. The highest BCUT2D eigenvalue weighted by molar-refractivity contribution is 7.56. The molecule has 66 valence electrons. The van der Waals surface area contributed by atoms with Crippen molar-refractivity contribution < 1.29 is 0 Å². The third-order valence-electron chi connectivity index (χ3n) is 2.16. The molecule has 0 saturated carbocycles. The van der Waals surface area contributed by atoms with Crippen LogP contribution >= 0.6 is 11.1 Å². The molecular formula is C5H11ClN4Si2. The van der Waals surface area contributed by atoms with Crippen LogP contribution in [0.1, 0.15) is 0 Å². The molecule has 4 N–H and O–H groups in total. The van der Waals surface area contributed by atoms with Gasteiger partial charge in [0.05, 0.1) is 0 Å². The molecule has 0 aromatic carbocycles. The van der Waals surface area contributed by atoms with Crippen LogP contribution in [0.3, 0.4) is 0 Å². The lowest BCUT2D eigenvalue weighted by Gasteiger charge is -2.33. The summed E-state index contributed by atoms with van der Waals surface area (Å²) in [6.45, 7) is 2.17. The highest BCUT2D eigenvalue weighted by Gasteiger charge is 2.56. The van der Waals surface area contributed by atoms with Gasteiger partial charge in [0, 0.05) is 24.8 Å². The van der Waals surface area contributed by atoms with Gasteiger partial charge in [-0.15, -0.1) is 11.1 Å². The van der Waals surface area contributed by atoms with Gasteiger partial charge in [0.25, 0.3) is 0 Å². The van der Waals surface area contributed by atoms with E-state index in [1.54, 1.807) is 0 Å². The van der Waals surface area contributed by atoms with Crippen molar-refractivity contribution in [2.45, 2.75) is 6.55 Å². The third-order valence-corrected chi connectivity index (χ3v) is 16.1. The topological polar surface area (TPSA) is 48.1 Å². The first-order valence-electron chi connectivity index (χ1n) is 3.76. The van der Waals surface area contributed by atoms with Crippen LogP contribution in [-0.4, -0.2) is 15.1 Å². The maximum Gasteiger partial charge on any atom is 0.388 e. The van der Waals surface area contributed by atoms with Gasteiger partial charge in [-0.2, -0.15) is 0 Å². The van der Waals surface area contributed by atoms with Crippen LogP contribution in [0.15, 0.2) is 24.8 Å². The van der Waals surface area contributed by atoms with Crippen LogP contribution < -0.4 is 19.9 Å². The summed E-state index contributed by atoms with van der Waals surface area (Å²) in [5, 5.41) is 0. The number of nitrogens with one attached hydrogen (secondary N) is 4. The Balaban J connectivity index is 2.17. The third kappa shape index (κ3) is 0.953. The first-order valence-corrected chi connectivity index (χ1v) is 10.3. The molecule has 0 aliphatic carbocycles. The number of rotatable bonds is 1. The largest absolute Gasteiger partial charge is 0.398 e. The Bertz CT molecular complexity index is 212. The molecule has 0 aromatic heterocycles. The molecule has 4 nitrogen and oxygen atoms in total. The molecule has 0 bridgehead atoms. The van der Waals surface area contributed by atoms with Crippen LogP contribution in [0.2, 0.25) is 6.55 Å². The molecule has 0 fully saturated rings. The molecule has 2 heterocycles. The van der Waals surface area contributed by atoms with Gasteiger partial charge in [-0.05, 0) is 6.55 Å². The summed E-state index contributed by atoms with van der Waals surface area (Å²) in [5.41, 5.74) is 0. The van der Waals surface area contributed by atoms with Gasteiger partial charge in [0.1, 0.15) is 0 Å². The lowest BCUT2D eigenvalue weighted by Crippen LogP contribution is -2.79. The minimum absolute atomic E-state index is 1.77. The van der Waals surface area contributed by atoms with E-state index in [-0.39, 0.29) is 0 Å². The van der Waals surface area contributed by atoms with Crippen molar-refractivity contribution >= 4 is 26.2 Å². The monoisotopic (exact) mass is 218 g/mol. The fourth-order valence-corrected chi connectivity index (χ4v) is 9.19. The first kappa shape index (κ1) is 8.02.